The second kappa shape index (κ2) is 8.75. The van der Waals surface area contributed by atoms with E-state index in [-0.39, 0.29) is 5.91 Å². The molecule has 0 spiro atoms. The molecule has 28 heavy (non-hydrogen) atoms. The van der Waals surface area contributed by atoms with E-state index in [1.165, 1.54) is 0 Å². The smallest absolute Gasteiger partial charge is 0.252 e. The standard InChI is InChI=1S/C21H23N5O2/c27-21(18-5-1-7-22-13-18)25-10-16-4-2-8-26(14-16)15-17-11-23-20(24-12-17)19-6-3-9-28-19/h1,3,5-7,9,11-13,16H,2,4,8,10,14-15H2,(H,25,27)/t16-/m1/s1. The SMILES string of the molecule is O=C(NC[C@H]1CCCN(Cc2cnc(-c3ccco3)nc2)C1)c1cccnc1. The Balaban J connectivity index is 1.28. The van der Waals surface area contributed by atoms with Crippen LogP contribution >= 0.6 is 0 Å². The van der Waals surface area contributed by atoms with Crippen molar-refractivity contribution < 1.29 is 9.21 Å². The monoisotopic (exact) mass is 377 g/mol. The Labute approximate surface area is 163 Å². The quantitative estimate of drug-likeness (QED) is 0.711. The molecule has 1 aliphatic heterocycles. The molecule has 0 radical (unpaired) electrons. The lowest BCUT2D eigenvalue weighted by Gasteiger charge is -2.32. The van der Waals surface area contributed by atoms with Crippen LogP contribution in [0.5, 0.6) is 0 Å². The third-order valence-corrected chi connectivity index (χ3v) is 4.93. The van der Waals surface area contributed by atoms with Crippen molar-refractivity contribution in [1.29, 1.82) is 0 Å². The Morgan fingerprint density at radius 2 is 2.11 bits per heavy atom. The zero-order chi connectivity index (χ0) is 19.2. The van der Waals surface area contributed by atoms with Gasteiger partial charge in [0.2, 0.25) is 0 Å². The highest BCUT2D eigenvalue weighted by Gasteiger charge is 2.21. The summed E-state index contributed by atoms with van der Waals surface area (Å²) in [5.74, 6) is 1.65. The molecule has 7 heteroatoms. The molecule has 7 nitrogen and oxygen atoms in total. The van der Waals surface area contributed by atoms with E-state index in [1.807, 2.05) is 24.5 Å². The summed E-state index contributed by atoms with van der Waals surface area (Å²) in [5.41, 5.74) is 1.68. The fraction of sp³-hybridized carbons (Fsp3) is 0.333. The van der Waals surface area contributed by atoms with Gasteiger partial charge < -0.3 is 9.73 Å². The normalized spacial score (nSPS) is 17.4. The van der Waals surface area contributed by atoms with Crippen LogP contribution in [0.2, 0.25) is 0 Å². The number of nitrogens with zero attached hydrogens (tertiary/aromatic N) is 4. The third kappa shape index (κ3) is 4.61. The van der Waals surface area contributed by atoms with Gasteiger partial charge in [0.25, 0.3) is 5.91 Å². The maximum Gasteiger partial charge on any atom is 0.252 e. The lowest BCUT2D eigenvalue weighted by atomic mass is 9.97. The van der Waals surface area contributed by atoms with Crippen molar-refractivity contribution in [2.24, 2.45) is 5.92 Å². The molecule has 1 aliphatic rings. The fourth-order valence-corrected chi connectivity index (χ4v) is 3.53. The van der Waals surface area contributed by atoms with Gasteiger partial charge in [0.15, 0.2) is 11.6 Å². The molecular formula is C21H23N5O2. The maximum atomic E-state index is 12.2. The predicted octanol–water partition coefficient (Wildman–Crippen LogP) is 2.77. The second-order valence-corrected chi connectivity index (χ2v) is 7.09. The molecule has 0 unspecified atom stereocenters. The minimum Gasteiger partial charge on any atom is -0.461 e. The molecule has 3 aromatic heterocycles. The number of piperidine rings is 1. The number of hydrogen-bond donors (Lipinski definition) is 1. The highest BCUT2D eigenvalue weighted by Crippen LogP contribution is 2.19. The summed E-state index contributed by atoms with van der Waals surface area (Å²) < 4.78 is 5.33. The first-order chi connectivity index (χ1) is 13.8. The minimum atomic E-state index is -0.0628. The number of nitrogens with one attached hydrogen (secondary N) is 1. The fourth-order valence-electron chi connectivity index (χ4n) is 3.53. The summed E-state index contributed by atoms with van der Waals surface area (Å²) in [6.45, 7) is 3.49. The Morgan fingerprint density at radius 3 is 2.86 bits per heavy atom. The summed E-state index contributed by atoms with van der Waals surface area (Å²) in [4.78, 5) is 27.4. The average Bonchev–Trinajstić information content (AvgIpc) is 3.28. The van der Waals surface area contributed by atoms with Crippen molar-refractivity contribution in [2.45, 2.75) is 19.4 Å². The Hall–Kier alpha value is -3.06. The molecule has 1 fully saturated rings. The van der Waals surface area contributed by atoms with Crippen LogP contribution in [0.25, 0.3) is 11.6 Å². The molecular weight excluding hydrogens is 354 g/mol. The number of carbonyl (C=O) groups excluding carboxylic acids is 1. The first kappa shape index (κ1) is 18.3. The molecule has 1 atom stereocenters. The topological polar surface area (TPSA) is 84.2 Å². The molecule has 0 aromatic carbocycles. The molecule has 4 heterocycles. The van der Waals surface area contributed by atoms with Crippen LogP contribution in [0.15, 0.2) is 59.7 Å². The molecule has 0 saturated carbocycles. The van der Waals surface area contributed by atoms with Crippen LogP contribution in [-0.2, 0) is 6.54 Å². The lowest BCUT2D eigenvalue weighted by Crippen LogP contribution is -2.40. The number of furan rings is 1. The number of hydrogen-bond acceptors (Lipinski definition) is 6. The van der Waals surface area contributed by atoms with Crippen molar-refractivity contribution in [3.63, 3.8) is 0 Å². The van der Waals surface area contributed by atoms with E-state index >= 15 is 0 Å². The van der Waals surface area contributed by atoms with Crippen molar-refractivity contribution >= 4 is 5.91 Å². The van der Waals surface area contributed by atoms with Gasteiger partial charge in [-0.1, -0.05) is 0 Å². The largest absolute Gasteiger partial charge is 0.461 e. The van der Waals surface area contributed by atoms with E-state index in [0.717, 1.165) is 38.0 Å². The predicted molar refractivity (Wildman–Crippen MR) is 104 cm³/mol. The molecule has 3 aromatic rings. The van der Waals surface area contributed by atoms with Gasteiger partial charge in [-0.25, -0.2) is 9.97 Å². The minimum absolute atomic E-state index is 0.0628. The second-order valence-electron chi connectivity index (χ2n) is 7.09. The van der Waals surface area contributed by atoms with Crippen molar-refractivity contribution in [3.8, 4) is 11.6 Å². The summed E-state index contributed by atoms with van der Waals surface area (Å²) in [6.07, 6.45) is 10.8. The Kier molecular flexibility index (Phi) is 5.72. The van der Waals surface area contributed by atoms with E-state index in [1.54, 1.807) is 30.8 Å². The molecule has 1 N–H and O–H groups in total. The zero-order valence-electron chi connectivity index (χ0n) is 15.6. The van der Waals surface area contributed by atoms with Gasteiger partial charge in [-0.15, -0.1) is 0 Å². The highest BCUT2D eigenvalue weighted by molar-refractivity contribution is 5.93. The summed E-state index contributed by atoms with van der Waals surface area (Å²) in [5, 5.41) is 3.04. The van der Waals surface area contributed by atoms with E-state index in [2.05, 4.69) is 25.2 Å². The van der Waals surface area contributed by atoms with E-state index < -0.39 is 0 Å². The van der Waals surface area contributed by atoms with Gasteiger partial charge in [-0.2, -0.15) is 0 Å². The van der Waals surface area contributed by atoms with Gasteiger partial charge in [0.05, 0.1) is 11.8 Å². The first-order valence-electron chi connectivity index (χ1n) is 9.53. The molecule has 1 saturated heterocycles. The summed E-state index contributed by atoms with van der Waals surface area (Å²) >= 11 is 0. The van der Waals surface area contributed by atoms with E-state index in [9.17, 15) is 4.79 Å². The van der Waals surface area contributed by atoms with Crippen LogP contribution in [0.4, 0.5) is 0 Å². The van der Waals surface area contributed by atoms with Gasteiger partial charge in [-0.05, 0) is 49.6 Å². The average molecular weight is 377 g/mol. The first-order valence-corrected chi connectivity index (χ1v) is 9.53. The van der Waals surface area contributed by atoms with Crippen LogP contribution in [0.3, 0.4) is 0 Å². The summed E-state index contributed by atoms with van der Waals surface area (Å²) in [6, 6.07) is 7.23. The summed E-state index contributed by atoms with van der Waals surface area (Å²) in [7, 11) is 0. The number of pyridine rings is 1. The van der Waals surface area contributed by atoms with Crippen molar-refractivity contribution in [1.82, 2.24) is 25.2 Å². The highest BCUT2D eigenvalue weighted by atomic mass is 16.3. The van der Waals surface area contributed by atoms with Crippen LogP contribution in [0.1, 0.15) is 28.8 Å². The number of likely N-dealkylation sites (tertiary alicyclic amines) is 1. The van der Waals surface area contributed by atoms with E-state index in [0.29, 0.717) is 29.6 Å². The van der Waals surface area contributed by atoms with Crippen molar-refractivity contribution in [3.05, 3.63) is 66.4 Å². The van der Waals surface area contributed by atoms with Gasteiger partial charge in [0, 0.05) is 50.0 Å². The molecule has 144 valence electrons. The van der Waals surface area contributed by atoms with E-state index in [4.69, 9.17) is 4.42 Å². The van der Waals surface area contributed by atoms with Crippen LogP contribution in [0, 0.1) is 5.92 Å². The van der Waals surface area contributed by atoms with Crippen LogP contribution < -0.4 is 5.32 Å². The molecule has 0 aliphatic carbocycles. The molecule has 4 rings (SSSR count). The number of carbonyl (C=O) groups is 1. The number of rotatable bonds is 6. The third-order valence-electron chi connectivity index (χ3n) is 4.93. The Bertz CT molecular complexity index is 881. The zero-order valence-corrected chi connectivity index (χ0v) is 15.6. The Morgan fingerprint density at radius 1 is 1.21 bits per heavy atom. The van der Waals surface area contributed by atoms with Gasteiger partial charge >= 0.3 is 0 Å². The van der Waals surface area contributed by atoms with Gasteiger partial charge in [-0.3, -0.25) is 14.7 Å². The molecule has 0 bridgehead atoms. The van der Waals surface area contributed by atoms with Crippen LogP contribution in [-0.4, -0.2) is 45.4 Å². The lowest BCUT2D eigenvalue weighted by molar-refractivity contribution is 0.0930. The maximum absolute atomic E-state index is 12.2. The number of aromatic nitrogens is 3. The number of amides is 1. The van der Waals surface area contributed by atoms with Crippen molar-refractivity contribution in [2.75, 3.05) is 19.6 Å². The van der Waals surface area contributed by atoms with Gasteiger partial charge in [0.1, 0.15) is 0 Å². The molecule has 1 amide bonds.